The summed E-state index contributed by atoms with van der Waals surface area (Å²) in [7, 11) is 14.8. The van der Waals surface area contributed by atoms with E-state index in [9.17, 15) is 33.5 Å². The van der Waals surface area contributed by atoms with Crippen molar-refractivity contribution >= 4 is 65.9 Å². The Labute approximate surface area is 189 Å². The van der Waals surface area contributed by atoms with Crippen LogP contribution >= 0.6 is 30.1 Å². The molecule has 0 atom stereocenters. The van der Waals surface area contributed by atoms with Gasteiger partial charge in [0, 0.05) is 20.8 Å². The molecule has 0 saturated heterocycles. The van der Waals surface area contributed by atoms with Gasteiger partial charge in [-0.25, -0.2) is 0 Å². The molecule has 181 valence electrons. The first-order valence-corrected chi connectivity index (χ1v) is 12.0. The Balaban J connectivity index is -0.0000000616. The third-order valence-electron chi connectivity index (χ3n) is 1.14. The second-order valence-corrected chi connectivity index (χ2v) is 10.1. The number of hydrogen-bond acceptors (Lipinski definition) is 8. The van der Waals surface area contributed by atoms with Crippen LogP contribution in [0.2, 0.25) is 0 Å². The van der Waals surface area contributed by atoms with Crippen molar-refractivity contribution in [3.63, 3.8) is 0 Å². The Morgan fingerprint density at radius 1 is 0.900 bits per heavy atom. The van der Waals surface area contributed by atoms with E-state index in [-0.39, 0.29) is 32.3 Å². The molecule has 12 nitrogen and oxygen atoms in total. The molecule has 0 aromatic carbocycles. The van der Waals surface area contributed by atoms with Crippen LogP contribution in [0.15, 0.2) is 0 Å². The van der Waals surface area contributed by atoms with Gasteiger partial charge in [0.1, 0.15) is 6.54 Å². The van der Waals surface area contributed by atoms with Crippen LogP contribution in [0, 0.1) is 0 Å². The minimum absolute atomic E-state index is 0. The third-order valence-corrected chi connectivity index (χ3v) is 1.14. The number of amides is 2. The van der Waals surface area contributed by atoms with Gasteiger partial charge in [-0.2, -0.15) is 4.39 Å². The standard InChI is InChI=1S/2C4H7NO3.C2H3FO.C2H5NO2.CH4.3ClH.Cr/c2*1-3(6)5-2-4(7)8;1-2(3)4;3-1-2(4)5;;;;;/h2*2H2,1H3,(H,5,6)(H,7,8);1H3;1,3H2,(H,4,5);1H4;3*1H;/q;;;;;;;;+3/p-4. The number of carbonyl (C=O) groups excluding carboxylic acids is 4. The molecule has 0 radical (unpaired) electrons. The van der Waals surface area contributed by atoms with Gasteiger partial charge in [-0.15, -0.1) is 0 Å². The molecule has 0 fully saturated rings. The number of nitrogens with two attached hydrogens (primary N) is 1. The first kappa shape index (κ1) is 42.4. The maximum atomic E-state index is 10.4. The monoisotopic (exact) mass is 543 g/mol. The Morgan fingerprint density at radius 3 is 1.20 bits per heavy atom. The van der Waals surface area contributed by atoms with Crippen LogP contribution in [0.25, 0.3) is 0 Å². The molecule has 6 N–H and O–H groups in total. The Hall–Kier alpha value is -1.69. The third kappa shape index (κ3) is 159. The van der Waals surface area contributed by atoms with Gasteiger partial charge in [0.2, 0.25) is 11.8 Å². The first-order valence-electron chi connectivity index (χ1n) is 6.70. The van der Waals surface area contributed by atoms with Crippen molar-refractivity contribution in [2.45, 2.75) is 28.2 Å². The van der Waals surface area contributed by atoms with Crippen molar-refractivity contribution in [2.24, 2.45) is 5.73 Å². The molecule has 0 spiro atoms. The molecule has 0 aromatic heterocycles. The molecule has 0 bridgehead atoms. The molecule has 0 heterocycles. The van der Waals surface area contributed by atoms with Crippen LogP contribution in [0.1, 0.15) is 28.2 Å². The molecule has 0 aliphatic carbocycles. The summed E-state index contributed by atoms with van der Waals surface area (Å²) >= 11 is -1.62. The van der Waals surface area contributed by atoms with Gasteiger partial charge in [-0.05, 0) is 0 Å². The van der Waals surface area contributed by atoms with Crippen LogP contribution in [0.4, 0.5) is 4.39 Å². The molecule has 2 amide bonds. The van der Waals surface area contributed by atoms with E-state index in [2.05, 4.69) is 11.1 Å². The molecule has 0 unspecified atom stereocenters. The number of rotatable bonds is 5. The van der Waals surface area contributed by atoms with Crippen LogP contribution in [-0.4, -0.2) is 65.6 Å². The number of hydrogen-bond donors (Lipinski definition) is 5. The van der Waals surface area contributed by atoms with Gasteiger partial charge in [-0.1, -0.05) is 7.43 Å². The van der Waals surface area contributed by atoms with E-state index in [1.807, 2.05) is 5.32 Å². The van der Waals surface area contributed by atoms with E-state index in [4.69, 9.17) is 45.2 Å². The Kier molecular flexibility index (Phi) is 45.2. The second kappa shape index (κ2) is 32.0. The van der Waals surface area contributed by atoms with Crippen LogP contribution in [0.3, 0.4) is 0 Å². The van der Waals surface area contributed by atoms with Gasteiger partial charge in [0.25, 0.3) is 6.04 Å². The zero-order valence-electron chi connectivity index (χ0n) is 15.4. The van der Waals surface area contributed by atoms with Crippen molar-refractivity contribution < 1.29 is 59.9 Å². The number of aliphatic carboxylic acids is 3. The molecule has 0 rings (SSSR count). The summed E-state index contributed by atoms with van der Waals surface area (Å²) in [6, 6.07) is -1.33. The molecule has 0 aliphatic rings. The summed E-state index contributed by atoms with van der Waals surface area (Å²) in [5.74, 6) is -3.97. The van der Waals surface area contributed by atoms with Crippen molar-refractivity contribution in [1.29, 1.82) is 0 Å². The van der Waals surface area contributed by atoms with Gasteiger partial charge in [-0.3, -0.25) is 24.0 Å². The van der Waals surface area contributed by atoms with E-state index in [1.165, 1.54) is 13.8 Å². The summed E-state index contributed by atoms with van der Waals surface area (Å²) < 4.78 is 10.4. The van der Waals surface area contributed by atoms with E-state index >= 15 is 0 Å². The van der Waals surface area contributed by atoms with E-state index in [0.29, 0.717) is 0 Å². The average Bonchev–Trinajstić information content (AvgIpc) is 2.51. The van der Waals surface area contributed by atoms with Crippen LogP contribution < -0.4 is 21.5 Å². The summed E-state index contributed by atoms with van der Waals surface area (Å²) in [5.41, 5.74) is 4.57. The predicted molar refractivity (Wildman–Crippen MR) is 103 cm³/mol. The Bertz CT molecular complexity index is 453. The fourth-order valence-corrected chi connectivity index (χ4v) is 0.397. The normalized spacial score (nSPS) is 7.63. The summed E-state index contributed by atoms with van der Waals surface area (Å²) in [6.07, 6.45) is 0. The number of nitrogens with one attached hydrogen (secondary N) is 2. The van der Waals surface area contributed by atoms with E-state index in [1.54, 1.807) is 0 Å². The average molecular weight is 545 g/mol. The number of carboxylic acid groups (broad SMARTS) is 3. The maximum absolute atomic E-state index is 10.4. The number of halogens is 4. The van der Waals surface area contributed by atoms with Gasteiger partial charge < -0.3 is 36.5 Å². The van der Waals surface area contributed by atoms with E-state index < -0.39 is 41.9 Å². The zero-order chi connectivity index (χ0) is 24.6. The number of carbonyl (C=O) groups is 6. The molecule has 0 aromatic rings. The summed E-state index contributed by atoms with van der Waals surface area (Å²) in [5, 5.41) is 29.3. The number of carboxylic acids is 3. The van der Waals surface area contributed by atoms with Crippen molar-refractivity contribution in [2.75, 3.05) is 19.6 Å². The molecule has 0 saturated carbocycles. The predicted octanol–water partition coefficient (Wildman–Crippen LogP) is -0.686. The molecule has 30 heavy (non-hydrogen) atoms. The van der Waals surface area contributed by atoms with Crippen LogP contribution in [0.5, 0.6) is 0 Å². The zero-order valence-corrected chi connectivity index (χ0v) is 18.9. The fraction of sp³-hybridized carbons (Fsp3) is 0.538. The minimum atomic E-state index is -1.62. The SMILES string of the molecule is C.CC(=O)F.CC(=O)NCC(=O)O.CC(=O)NCC(=O)[O-].NCC(=O)O.[Cl][Cr]([Cl])[Cl]. The summed E-state index contributed by atoms with van der Waals surface area (Å²) in [4.78, 5) is 57.2. The van der Waals surface area contributed by atoms with Crippen LogP contribution in [-0.2, 0) is 40.2 Å². The topological polar surface area (TPSA) is 216 Å². The second-order valence-electron chi connectivity index (χ2n) is 3.83. The fourth-order valence-electron chi connectivity index (χ4n) is 0.397. The first-order chi connectivity index (χ1) is 13.0. The van der Waals surface area contributed by atoms with Gasteiger partial charge in [0.15, 0.2) is 0 Å². The molecule has 17 heteroatoms. The van der Waals surface area contributed by atoms with Gasteiger partial charge in [0.05, 0.1) is 19.1 Å². The molecule has 0 aliphatic heterocycles. The van der Waals surface area contributed by atoms with Crippen molar-refractivity contribution in [3.05, 3.63) is 0 Å². The molecular weight excluding hydrogens is 520 g/mol. The van der Waals surface area contributed by atoms with E-state index in [0.717, 1.165) is 6.92 Å². The molecular formula is C13H25Cl3CrFN3O9-. The summed E-state index contributed by atoms with van der Waals surface area (Å²) in [6.45, 7) is 2.39. The van der Waals surface area contributed by atoms with Crippen molar-refractivity contribution in [3.8, 4) is 0 Å². The van der Waals surface area contributed by atoms with Gasteiger partial charge >= 0.3 is 53.5 Å². The van der Waals surface area contributed by atoms with Crippen molar-refractivity contribution in [1.82, 2.24) is 10.6 Å². The quantitative estimate of drug-likeness (QED) is 0.274. The Morgan fingerprint density at radius 2 is 1.13 bits per heavy atom.